The van der Waals surface area contributed by atoms with Gasteiger partial charge in [-0.05, 0) is 25.5 Å². The minimum Gasteiger partial charge on any atom is -0.367 e. The number of fused-ring (bicyclic) bond motifs is 1. The summed E-state index contributed by atoms with van der Waals surface area (Å²) in [7, 11) is 0. The van der Waals surface area contributed by atoms with E-state index >= 15 is 0 Å². The van der Waals surface area contributed by atoms with Crippen LogP contribution in [0.4, 0.5) is 5.69 Å². The molecule has 1 N–H and O–H groups in total. The fraction of sp³-hybridized carbons (Fsp3) is 0.238. The molecule has 0 aromatic heterocycles. The summed E-state index contributed by atoms with van der Waals surface area (Å²) in [6, 6.07) is 16.5. The second-order valence-corrected chi connectivity index (χ2v) is 6.00. The number of nitrogens with zero attached hydrogens (tertiary/aromatic N) is 1. The first-order chi connectivity index (χ1) is 12.2. The molecule has 4 nitrogen and oxygen atoms in total. The predicted molar refractivity (Wildman–Crippen MR) is 99.7 cm³/mol. The molecule has 0 heterocycles. The first-order valence-electron chi connectivity index (χ1n) is 8.67. The fourth-order valence-electron chi connectivity index (χ4n) is 3.14. The average Bonchev–Trinajstić information content (AvgIpc) is 2.66. The van der Waals surface area contributed by atoms with Gasteiger partial charge in [-0.15, -0.1) is 0 Å². The Bertz CT molecular complexity index is 825. The van der Waals surface area contributed by atoms with Gasteiger partial charge in [-0.25, -0.2) is 0 Å². The van der Waals surface area contributed by atoms with Gasteiger partial charge in [0.2, 0.25) is 11.6 Å². The van der Waals surface area contributed by atoms with Crippen molar-refractivity contribution in [1.82, 2.24) is 4.90 Å². The molecule has 2 aromatic carbocycles. The van der Waals surface area contributed by atoms with Crippen LogP contribution in [-0.2, 0) is 0 Å². The monoisotopic (exact) mass is 334 g/mol. The quantitative estimate of drug-likeness (QED) is 0.863. The summed E-state index contributed by atoms with van der Waals surface area (Å²) in [5.41, 5.74) is 2.57. The third-order valence-electron chi connectivity index (χ3n) is 4.33. The molecule has 0 bridgehead atoms. The normalized spacial score (nSPS) is 13.7. The number of likely N-dealkylation sites (N-methyl/N-ethyl adjacent to an activating group) is 1. The van der Waals surface area contributed by atoms with Crippen LogP contribution in [0.5, 0.6) is 0 Å². The molecule has 0 saturated carbocycles. The van der Waals surface area contributed by atoms with Crippen molar-refractivity contribution in [3.63, 3.8) is 0 Å². The van der Waals surface area contributed by atoms with E-state index in [1.54, 1.807) is 24.3 Å². The molecule has 1 aliphatic carbocycles. The molecule has 1 aliphatic rings. The molecule has 0 radical (unpaired) electrons. The molecule has 4 heteroatoms. The van der Waals surface area contributed by atoms with E-state index in [4.69, 9.17) is 0 Å². The van der Waals surface area contributed by atoms with E-state index in [1.807, 2.05) is 42.2 Å². The molecular formula is C21H22N2O2. The number of nitrogens with one attached hydrogen (secondary N) is 1. The van der Waals surface area contributed by atoms with Crippen LogP contribution in [0.25, 0.3) is 0 Å². The maximum atomic E-state index is 13.1. The zero-order valence-corrected chi connectivity index (χ0v) is 14.6. The van der Waals surface area contributed by atoms with Crippen molar-refractivity contribution in [2.75, 3.05) is 18.4 Å². The number of Topliss-reactive ketones (excluding diaryl/α,β-unsaturated/α-hetero) is 2. The Morgan fingerprint density at radius 2 is 1.44 bits per heavy atom. The van der Waals surface area contributed by atoms with Crippen LogP contribution in [0.15, 0.2) is 66.0 Å². The number of allylic oxidation sites excluding steroid dienone is 2. The lowest BCUT2D eigenvalue weighted by atomic mass is 9.89. The molecule has 0 saturated heterocycles. The van der Waals surface area contributed by atoms with Crippen molar-refractivity contribution in [3.8, 4) is 0 Å². The van der Waals surface area contributed by atoms with Gasteiger partial charge in [0.1, 0.15) is 11.4 Å². The highest BCUT2D eigenvalue weighted by Gasteiger charge is 2.34. The van der Waals surface area contributed by atoms with E-state index in [1.165, 1.54) is 0 Å². The lowest BCUT2D eigenvalue weighted by molar-refractivity contribution is 0.0943. The van der Waals surface area contributed by atoms with E-state index in [0.717, 1.165) is 18.7 Å². The predicted octanol–water partition coefficient (Wildman–Crippen LogP) is 4.12. The first-order valence-corrected chi connectivity index (χ1v) is 8.67. The molecule has 25 heavy (non-hydrogen) atoms. The molecule has 128 valence electrons. The maximum absolute atomic E-state index is 13.1. The van der Waals surface area contributed by atoms with Gasteiger partial charge in [-0.2, -0.15) is 0 Å². The molecule has 0 unspecified atom stereocenters. The van der Waals surface area contributed by atoms with Crippen molar-refractivity contribution in [3.05, 3.63) is 77.1 Å². The van der Waals surface area contributed by atoms with Crippen molar-refractivity contribution < 1.29 is 9.59 Å². The Morgan fingerprint density at radius 3 is 2.04 bits per heavy atom. The van der Waals surface area contributed by atoms with Gasteiger partial charge in [0.15, 0.2) is 0 Å². The Morgan fingerprint density at radius 1 is 0.840 bits per heavy atom. The summed E-state index contributed by atoms with van der Waals surface area (Å²) in [5.74, 6) is -0.229. The van der Waals surface area contributed by atoms with E-state index in [9.17, 15) is 9.59 Å². The number of hydrogen-bond donors (Lipinski definition) is 1. The highest BCUT2D eigenvalue weighted by molar-refractivity contribution is 6.27. The van der Waals surface area contributed by atoms with Crippen molar-refractivity contribution in [2.24, 2.45) is 0 Å². The fourth-order valence-corrected chi connectivity index (χ4v) is 3.14. The Kier molecular flexibility index (Phi) is 4.98. The second kappa shape index (κ2) is 7.34. The van der Waals surface area contributed by atoms with Crippen LogP contribution in [0.2, 0.25) is 0 Å². The van der Waals surface area contributed by atoms with Gasteiger partial charge in [-0.1, -0.05) is 49.4 Å². The zero-order valence-electron chi connectivity index (χ0n) is 14.6. The minimum atomic E-state index is -0.136. The summed E-state index contributed by atoms with van der Waals surface area (Å²) in [5, 5.41) is 3.19. The smallest absolute Gasteiger partial charge is 0.212 e. The van der Waals surface area contributed by atoms with E-state index in [0.29, 0.717) is 29.1 Å². The van der Waals surface area contributed by atoms with E-state index in [2.05, 4.69) is 12.2 Å². The number of hydrogen-bond acceptors (Lipinski definition) is 4. The molecule has 3 rings (SSSR count). The SMILES string of the molecule is CCCN(CC)C1=C(Nc2ccccc2)C(=O)c2ccccc2C1=O. The van der Waals surface area contributed by atoms with Crippen LogP contribution in [0, 0.1) is 0 Å². The van der Waals surface area contributed by atoms with Crippen molar-refractivity contribution in [1.29, 1.82) is 0 Å². The minimum absolute atomic E-state index is 0.0936. The molecule has 0 fully saturated rings. The zero-order chi connectivity index (χ0) is 17.8. The number of anilines is 1. The second-order valence-electron chi connectivity index (χ2n) is 6.00. The van der Waals surface area contributed by atoms with Crippen molar-refractivity contribution >= 4 is 17.3 Å². The number of carbonyl (C=O) groups excluding carboxylic acids is 2. The van der Waals surface area contributed by atoms with E-state index in [-0.39, 0.29) is 11.6 Å². The van der Waals surface area contributed by atoms with Gasteiger partial charge in [0.05, 0.1) is 0 Å². The van der Waals surface area contributed by atoms with E-state index < -0.39 is 0 Å². The number of carbonyl (C=O) groups is 2. The Balaban J connectivity index is 2.14. The van der Waals surface area contributed by atoms with Crippen molar-refractivity contribution in [2.45, 2.75) is 20.3 Å². The van der Waals surface area contributed by atoms with Gasteiger partial charge in [0, 0.05) is 29.9 Å². The van der Waals surface area contributed by atoms with Gasteiger partial charge >= 0.3 is 0 Å². The summed E-state index contributed by atoms with van der Waals surface area (Å²) in [4.78, 5) is 28.2. The van der Waals surface area contributed by atoms with Crippen LogP contribution < -0.4 is 5.32 Å². The third-order valence-corrected chi connectivity index (χ3v) is 4.33. The van der Waals surface area contributed by atoms with Crippen LogP contribution in [0.1, 0.15) is 41.0 Å². The molecule has 0 spiro atoms. The average molecular weight is 334 g/mol. The Hall–Kier alpha value is -2.88. The summed E-state index contributed by atoms with van der Waals surface area (Å²) in [6.45, 7) is 5.47. The third kappa shape index (κ3) is 3.20. The molecule has 2 aromatic rings. The summed E-state index contributed by atoms with van der Waals surface area (Å²) >= 11 is 0. The van der Waals surface area contributed by atoms with Crippen LogP contribution in [0.3, 0.4) is 0 Å². The standard InChI is InChI=1S/C21H22N2O2/c1-3-14-23(4-2)19-18(22-15-10-6-5-7-11-15)20(24)16-12-8-9-13-17(16)21(19)25/h5-13,22H,3-4,14H2,1-2H3. The number of benzene rings is 2. The number of ketones is 2. The Labute approximate surface area is 148 Å². The largest absolute Gasteiger partial charge is 0.367 e. The number of rotatable bonds is 6. The summed E-state index contributed by atoms with van der Waals surface area (Å²) < 4.78 is 0. The van der Waals surface area contributed by atoms with Crippen LogP contribution >= 0.6 is 0 Å². The van der Waals surface area contributed by atoms with Gasteiger partial charge in [-0.3, -0.25) is 9.59 Å². The molecule has 0 atom stereocenters. The molecule has 0 aliphatic heterocycles. The van der Waals surface area contributed by atoms with Crippen LogP contribution in [-0.4, -0.2) is 29.6 Å². The molecule has 0 amide bonds. The highest BCUT2D eigenvalue weighted by atomic mass is 16.1. The van der Waals surface area contributed by atoms with Gasteiger partial charge in [0.25, 0.3) is 0 Å². The first kappa shape index (κ1) is 17.0. The van der Waals surface area contributed by atoms with Gasteiger partial charge < -0.3 is 10.2 Å². The lowest BCUT2D eigenvalue weighted by Crippen LogP contribution is -2.36. The number of para-hydroxylation sites is 1. The molecular weight excluding hydrogens is 312 g/mol. The highest BCUT2D eigenvalue weighted by Crippen LogP contribution is 2.29. The maximum Gasteiger partial charge on any atom is 0.212 e. The topological polar surface area (TPSA) is 49.4 Å². The summed E-state index contributed by atoms with van der Waals surface area (Å²) in [6.07, 6.45) is 0.902. The lowest BCUT2D eigenvalue weighted by Gasteiger charge is -2.30.